The zero-order chi connectivity index (χ0) is 57.3. The minimum absolute atomic E-state index is 0.0392. The van der Waals surface area contributed by atoms with Gasteiger partial charge in [0.05, 0.1) is 17.1 Å². The van der Waals surface area contributed by atoms with Crippen LogP contribution < -0.4 is 31.3 Å². The smallest absolute Gasteiger partial charge is 0.248 e. The summed E-state index contributed by atoms with van der Waals surface area (Å²) < 4.78 is 17.5. The number of phenols is 1. The number of carbonyl (C=O) groups excluding carboxylic acids is 6. The summed E-state index contributed by atoms with van der Waals surface area (Å²) in [6, 6.07) is 16.4. The number of rotatable bonds is 26. The van der Waals surface area contributed by atoms with Gasteiger partial charge in [-0.25, -0.2) is 0 Å². The molecule has 6 aliphatic rings. The second-order valence-corrected chi connectivity index (χ2v) is 23.9. The van der Waals surface area contributed by atoms with Gasteiger partial charge in [-0.1, -0.05) is 55.1 Å². The number of ether oxygens (including phenoxy) is 3. The number of phenolic OH excluding ortho intramolecular Hbond substituents is 1. The Morgan fingerprint density at radius 3 is 2.14 bits per heavy atom. The number of aromatic hydroxyl groups is 1. The second-order valence-electron chi connectivity index (χ2n) is 23.5. The molecule has 3 aromatic rings. The lowest BCUT2D eigenvalue weighted by molar-refractivity contribution is -0.187. The fourth-order valence-electron chi connectivity index (χ4n) is 13.8. The summed E-state index contributed by atoms with van der Waals surface area (Å²) in [5.41, 5.74) is 9.02. The van der Waals surface area contributed by atoms with E-state index in [0.717, 1.165) is 106 Å². The zero-order valence-corrected chi connectivity index (χ0v) is 48.0. The first kappa shape index (κ1) is 59.8. The maximum Gasteiger partial charge on any atom is 0.248 e. The summed E-state index contributed by atoms with van der Waals surface area (Å²) in [6.45, 7) is 6.94. The van der Waals surface area contributed by atoms with Crippen molar-refractivity contribution in [3.8, 4) is 11.5 Å². The van der Waals surface area contributed by atoms with E-state index in [-0.39, 0.29) is 73.7 Å². The number of aryl methyl sites for hydroxylation is 1. The number of likely N-dealkylation sites (N-methyl/N-ethyl adjacent to an activating group) is 1. The van der Waals surface area contributed by atoms with Crippen molar-refractivity contribution in [3.63, 3.8) is 0 Å². The number of hydrogen-bond donors (Lipinski definition) is 6. The third kappa shape index (κ3) is 13.8. The SMILES string of the molecule is Cc1ccc(N(CCCN2CCC(Cc3ccc(C(N)=O)cc3)CC2)C(=O)C2CCN(C(=O)COCC(=O)NCCCCCCCNC(=O)COCC(=O)N[C@H]3CC[C@@]4(O)[C@H]5Cc6ccc(O)c7c6[C@@]4(CCN5C)[C@H]3O7)CC2)cc1Cl. The van der Waals surface area contributed by atoms with E-state index in [9.17, 15) is 39.0 Å². The van der Waals surface area contributed by atoms with Crippen molar-refractivity contribution in [2.24, 2.45) is 17.6 Å². The molecule has 0 unspecified atom stereocenters. The summed E-state index contributed by atoms with van der Waals surface area (Å²) in [7, 11) is 2.04. The molecule has 4 fully saturated rings. The highest BCUT2D eigenvalue weighted by molar-refractivity contribution is 6.31. The maximum atomic E-state index is 14.2. The first-order valence-electron chi connectivity index (χ1n) is 29.4. The number of unbranched alkanes of at least 4 members (excludes halogenated alkanes) is 4. The predicted octanol–water partition coefficient (Wildman–Crippen LogP) is 4.55. The van der Waals surface area contributed by atoms with E-state index in [1.807, 2.05) is 55.3 Å². The first-order chi connectivity index (χ1) is 39.0. The molecule has 2 bridgehead atoms. The topological polar surface area (TPSA) is 246 Å². The Balaban J connectivity index is 0.589. The van der Waals surface area contributed by atoms with Crippen LogP contribution in [0.25, 0.3) is 0 Å². The van der Waals surface area contributed by atoms with Crippen LogP contribution in [0.1, 0.15) is 116 Å². The largest absolute Gasteiger partial charge is 0.504 e. The van der Waals surface area contributed by atoms with Gasteiger partial charge in [-0.2, -0.15) is 0 Å². The number of benzene rings is 3. The minimum Gasteiger partial charge on any atom is -0.504 e. The fourth-order valence-corrected chi connectivity index (χ4v) is 13.9. The van der Waals surface area contributed by atoms with Crippen LogP contribution in [0.3, 0.4) is 0 Å². The van der Waals surface area contributed by atoms with E-state index in [0.29, 0.717) is 93.5 Å². The number of aliphatic hydroxyl groups is 1. The van der Waals surface area contributed by atoms with E-state index >= 15 is 0 Å². The number of primary amides is 1. The lowest BCUT2D eigenvalue weighted by Gasteiger charge is -2.63. The Bertz CT molecular complexity index is 2730. The number of anilines is 1. The Morgan fingerprint density at radius 2 is 1.46 bits per heavy atom. The number of hydrogen-bond acceptors (Lipinski definition) is 13. The molecular weight excluding hydrogens is 1060 g/mol. The van der Waals surface area contributed by atoms with Gasteiger partial charge >= 0.3 is 0 Å². The molecule has 4 heterocycles. The fraction of sp³-hybridized carbons (Fsp3) is 0.607. The lowest BCUT2D eigenvalue weighted by Crippen LogP contribution is -2.77. The molecule has 1 saturated carbocycles. The molecule has 3 saturated heterocycles. The van der Waals surface area contributed by atoms with Crippen LogP contribution in [0.2, 0.25) is 5.02 Å². The summed E-state index contributed by atoms with van der Waals surface area (Å²) in [6.07, 6.45) is 11.0. The third-order valence-electron chi connectivity index (χ3n) is 18.3. The summed E-state index contributed by atoms with van der Waals surface area (Å²) >= 11 is 6.56. The van der Waals surface area contributed by atoms with Crippen LogP contribution in [0.5, 0.6) is 11.5 Å². The number of nitrogens with two attached hydrogens (primary N) is 1. The van der Waals surface area contributed by atoms with E-state index in [2.05, 4.69) is 25.8 Å². The molecule has 9 rings (SSSR count). The monoisotopic (exact) mass is 1140 g/mol. The van der Waals surface area contributed by atoms with Gasteiger partial charge in [-0.15, -0.1) is 0 Å². The van der Waals surface area contributed by atoms with Crippen LogP contribution in [0, 0.1) is 18.8 Å². The van der Waals surface area contributed by atoms with Crippen molar-refractivity contribution in [1.29, 1.82) is 0 Å². The molecule has 1 spiro atoms. The second kappa shape index (κ2) is 27.0. The van der Waals surface area contributed by atoms with Crippen LogP contribution in [0.15, 0.2) is 54.6 Å². The van der Waals surface area contributed by atoms with Crippen LogP contribution in [0.4, 0.5) is 5.69 Å². The number of piperidine rings is 3. The van der Waals surface area contributed by atoms with Crippen LogP contribution >= 0.6 is 11.6 Å². The standard InChI is InChI=1S/C61H83ClN8O11/c1-40-9-15-46(35-47(40)62)70(27-8-26-68-28-18-42(19-29-68)33-41-10-12-43(13-11-41)58(63)76)59(77)44-20-30-69(31-21-44)54(75)39-80-37-52(73)65-25-7-5-3-4-6-24-64-51(72)36-79-38-53(74)66-48-17-22-61(78)50-34-45-14-16-49(71)56-55(45)60(61,57(48)81-56)23-32-67(50)2/h9-16,35,42,44,48,50,57,71,78H,3-8,17-34,36-39H2,1-2H3,(H2,63,76)(H,64,72)(H,65,73)(H,66,74)/t48-,50+,57-,60-,61+/m0/s1. The maximum absolute atomic E-state index is 14.2. The Hall–Kier alpha value is -5.83. The minimum atomic E-state index is -1.05. The molecule has 81 heavy (non-hydrogen) atoms. The molecule has 0 aromatic heterocycles. The van der Waals surface area contributed by atoms with E-state index in [1.54, 1.807) is 23.1 Å². The number of likely N-dealkylation sites (tertiary alicyclic amines) is 3. The van der Waals surface area contributed by atoms with Crippen molar-refractivity contribution < 1.29 is 53.2 Å². The normalized spacial score (nSPS) is 23.5. The average Bonchev–Trinajstić information content (AvgIpc) is 1.76. The van der Waals surface area contributed by atoms with Crippen molar-refractivity contribution >= 4 is 52.7 Å². The molecule has 0 radical (unpaired) electrons. The van der Waals surface area contributed by atoms with Crippen molar-refractivity contribution in [2.45, 2.75) is 132 Å². The summed E-state index contributed by atoms with van der Waals surface area (Å²) in [4.78, 5) is 85.1. The van der Waals surface area contributed by atoms with Gasteiger partial charge in [0.2, 0.25) is 35.4 Å². The van der Waals surface area contributed by atoms with E-state index in [4.69, 9.17) is 31.5 Å². The van der Waals surface area contributed by atoms with Crippen LogP contribution in [-0.4, -0.2) is 177 Å². The average molecular weight is 1140 g/mol. The molecule has 20 heteroatoms. The van der Waals surface area contributed by atoms with Gasteiger partial charge in [-0.05, 0) is 170 Å². The Morgan fingerprint density at radius 1 is 0.790 bits per heavy atom. The number of nitrogens with zero attached hydrogens (tertiary/aromatic N) is 4. The first-order valence-corrected chi connectivity index (χ1v) is 29.8. The van der Waals surface area contributed by atoms with Crippen molar-refractivity contribution in [2.75, 3.05) is 97.3 Å². The number of halogens is 1. The predicted molar refractivity (Wildman–Crippen MR) is 306 cm³/mol. The summed E-state index contributed by atoms with van der Waals surface area (Å²) in [5, 5.41) is 32.5. The van der Waals surface area contributed by atoms with Gasteiger partial charge in [0, 0.05) is 66.5 Å². The Kier molecular flexibility index (Phi) is 20.0. The molecule has 6 amide bonds. The molecule has 19 nitrogen and oxygen atoms in total. The lowest BCUT2D eigenvalue weighted by atomic mass is 9.48. The highest BCUT2D eigenvalue weighted by Crippen LogP contribution is 2.65. The van der Waals surface area contributed by atoms with Crippen molar-refractivity contribution in [3.05, 3.63) is 87.4 Å². The molecule has 4 aliphatic heterocycles. The third-order valence-corrected chi connectivity index (χ3v) is 18.7. The number of amides is 6. The van der Waals surface area contributed by atoms with Gasteiger partial charge in [0.15, 0.2) is 11.5 Å². The van der Waals surface area contributed by atoms with Gasteiger partial charge < -0.3 is 65.7 Å². The molecule has 440 valence electrons. The Labute approximate surface area is 480 Å². The zero-order valence-electron chi connectivity index (χ0n) is 47.2. The highest BCUT2D eigenvalue weighted by atomic mass is 35.5. The highest BCUT2D eigenvalue weighted by Gasteiger charge is 2.72. The number of carbonyl (C=O) groups is 6. The molecule has 7 N–H and O–H groups in total. The quantitative estimate of drug-likeness (QED) is 0.0605. The van der Waals surface area contributed by atoms with Crippen LogP contribution in [-0.2, 0) is 51.7 Å². The molecule has 3 aromatic carbocycles. The van der Waals surface area contributed by atoms with Gasteiger partial charge in [0.1, 0.15) is 32.5 Å². The summed E-state index contributed by atoms with van der Waals surface area (Å²) in [5.74, 6) is -0.775. The molecular formula is C61H83ClN8O11. The molecule has 2 aliphatic carbocycles. The van der Waals surface area contributed by atoms with E-state index < -0.39 is 29.1 Å². The van der Waals surface area contributed by atoms with Crippen molar-refractivity contribution in [1.82, 2.24) is 30.7 Å². The van der Waals surface area contributed by atoms with Gasteiger partial charge in [0.25, 0.3) is 0 Å². The molecule has 5 atom stereocenters. The van der Waals surface area contributed by atoms with Gasteiger partial charge in [-0.3, -0.25) is 28.8 Å². The number of nitrogens with one attached hydrogen (secondary N) is 3. The van der Waals surface area contributed by atoms with E-state index in [1.165, 1.54) is 5.56 Å².